The number of sulfonamides is 1. The molecule has 7 heteroatoms. The van der Waals surface area contributed by atoms with E-state index >= 15 is 0 Å². The second-order valence-corrected chi connectivity index (χ2v) is 5.88. The highest BCUT2D eigenvalue weighted by molar-refractivity contribution is 7.89. The first-order chi connectivity index (χ1) is 9.49. The minimum Gasteiger partial charge on any atom is -0.503 e. The van der Waals surface area contributed by atoms with Crippen molar-refractivity contribution in [1.82, 2.24) is 9.29 Å². The number of benzene rings is 1. The molecule has 0 aliphatic rings. The van der Waals surface area contributed by atoms with E-state index in [1.165, 1.54) is 49.4 Å². The SMILES string of the molecule is CNS(=O)(=O)c1ccc2c(ccc(=O)n2C=COC)c1. The maximum atomic E-state index is 11.8. The number of aromatic nitrogens is 1. The number of fused-ring (bicyclic) bond motifs is 1. The standard InChI is InChI=1S/C13H14N2O4S/c1-14-20(17,18)11-4-5-12-10(9-11)3-6-13(16)15(12)7-8-19-2/h3-9,14H,1-2H3. The molecule has 2 aromatic rings. The van der Waals surface area contributed by atoms with E-state index in [-0.39, 0.29) is 10.5 Å². The lowest BCUT2D eigenvalue weighted by atomic mass is 10.2. The van der Waals surface area contributed by atoms with Crippen LogP contribution in [0.1, 0.15) is 0 Å². The first-order valence-corrected chi connectivity index (χ1v) is 7.26. The minimum absolute atomic E-state index is 0.147. The number of nitrogens with zero attached hydrogens (tertiary/aromatic N) is 1. The molecule has 0 fully saturated rings. The van der Waals surface area contributed by atoms with Gasteiger partial charge in [0.25, 0.3) is 5.56 Å². The first-order valence-electron chi connectivity index (χ1n) is 5.78. The van der Waals surface area contributed by atoms with E-state index in [0.717, 1.165) is 0 Å². The zero-order valence-electron chi connectivity index (χ0n) is 11.0. The molecule has 0 saturated heterocycles. The molecule has 20 heavy (non-hydrogen) atoms. The van der Waals surface area contributed by atoms with Crippen molar-refractivity contribution in [3.63, 3.8) is 0 Å². The molecule has 6 nitrogen and oxygen atoms in total. The molecule has 0 bridgehead atoms. The van der Waals surface area contributed by atoms with Gasteiger partial charge in [-0.05, 0) is 31.3 Å². The molecule has 106 valence electrons. The summed E-state index contributed by atoms with van der Waals surface area (Å²) >= 11 is 0. The molecular formula is C13H14N2O4S. The van der Waals surface area contributed by atoms with E-state index in [1.807, 2.05) is 0 Å². The molecule has 0 radical (unpaired) electrons. The third kappa shape index (κ3) is 2.59. The zero-order valence-corrected chi connectivity index (χ0v) is 11.8. The highest BCUT2D eigenvalue weighted by Crippen LogP contribution is 2.18. The number of pyridine rings is 1. The Labute approximate surface area is 116 Å². The summed E-state index contributed by atoms with van der Waals surface area (Å²) in [7, 11) is -0.684. The van der Waals surface area contributed by atoms with E-state index in [2.05, 4.69) is 4.72 Å². The van der Waals surface area contributed by atoms with Crippen LogP contribution >= 0.6 is 0 Å². The average molecular weight is 294 g/mol. The third-order valence-electron chi connectivity index (χ3n) is 2.83. The Bertz CT molecular complexity index is 822. The fourth-order valence-corrected chi connectivity index (χ4v) is 2.57. The molecule has 0 amide bonds. The Morgan fingerprint density at radius 1 is 1.25 bits per heavy atom. The lowest BCUT2D eigenvalue weighted by Crippen LogP contribution is -2.19. The van der Waals surface area contributed by atoms with Gasteiger partial charge < -0.3 is 4.74 Å². The smallest absolute Gasteiger partial charge is 0.255 e. The van der Waals surface area contributed by atoms with Crippen LogP contribution in [0.2, 0.25) is 0 Å². The normalized spacial score (nSPS) is 12.1. The lowest BCUT2D eigenvalue weighted by molar-refractivity contribution is 0.340. The Morgan fingerprint density at radius 2 is 2.00 bits per heavy atom. The van der Waals surface area contributed by atoms with Gasteiger partial charge in [-0.1, -0.05) is 0 Å². The van der Waals surface area contributed by atoms with Crippen molar-refractivity contribution in [2.45, 2.75) is 4.90 Å². The molecule has 1 aromatic carbocycles. The van der Waals surface area contributed by atoms with Gasteiger partial charge in [0.15, 0.2) is 0 Å². The number of hydrogen-bond acceptors (Lipinski definition) is 4. The van der Waals surface area contributed by atoms with Crippen molar-refractivity contribution in [3.8, 4) is 0 Å². The molecule has 0 aliphatic heterocycles. The molecule has 0 spiro atoms. The summed E-state index contributed by atoms with van der Waals surface area (Å²) in [6.45, 7) is 0. The van der Waals surface area contributed by atoms with Gasteiger partial charge in [0.05, 0.1) is 23.8 Å². The van der Waals surface area contributed by atoms with Gasteiger partial charge in [-0.3, -0.25) is 9.36 Å². The molecule has 0 atom stereocenters. The van der Waals surface area contributed by atoms with Crippen LogP contribution in [-0.2, 0) is 14.8 Å². The minimum atomic E-state index is -3.51. The van der Waals surface area contributed by atoms with Crippen LogP contribution in [0.5, 0.6) is 0 Å². The van der Waals surface area contributed by atoms with Gasteiger partial charge in [-0.15, -0.1) is 0 Å². The van der Waals surface area contributed by atoms with E-state index in [0.29, 0.717) is 10.9 Å². The van der Waals surface area contributed by atoms with Crippen LogP contribution in [0.4, 0.5) is 0 Å². The van der Waals surface area contributed by atoms with Gasteiger partial charge in [0.2, 0.25) is 10.0 Å². The Morgan fingerprint density at radius 3 is 2.65 bits per heavy atom. The Hall–Kier alpha value is -2.12. The molecule has 0 aliphatic carbocycles. The van der Waals surface area contributed by atoms with Crippen LogP contribution in [0.25, 0.3) is 17.1 Å². The second-order valence-electron chi connectivity index (χ2n) is 3.99. The summed E-state index contributed by atoms with van der Waals surface area (Å²) in [4.78, 5) is 11.9. The largest absolute Gasteiger partial charge is 0.503 e. The van der Waals surface area contributed by atoms with Gasteiger partial charge in [-0.2, -0.15) is 0 Å². The van der Waals surface area contributed by atoms with Crippen LogP contribution < -0.4 is 10.3 Å². The molecule has 0 saturated carbocycles. The lowest BCUT2D eigenvalue weighted by Gasteiger charge is -2.07. The topological polar surface area (TPSA) is 77.4 Å². The summed E-state index contributed by atoms with van der Waals surface area (Å²) in [6.07, 6.45) is 2.86. The van der Waals surface area contributed by atoms with E-state index in [1.54, 1.807) is 12.1 Å². The van der Waals surface area contributed by atoms with Crippen LogP contribution in [-0.4, -0.2) is 27.1 Å². The fourth-order valence-electron chi connectivity index (χ4n) is 1.81. The third-order valence-corrected chi connectivity index (χ3v) is 4.24. The molecule has 0 unspecified atom stereocenters. The molecular weight excluding hydrogens is 280 g/mol. The first kappa shape index (κ1) is 14.3. The number of rotatable bonds is 4. The second kappa shape index (κ2) is 5.48. The Balaban J connectivity index is 2.71. The number of hydrogen-bond donors (Lipinski definition) is 1. The maximum Gasteiger partial charge on any atom is 0.255 e. The van der Waals surface area contributed by atoms with E-state index in [4.69, 9.17) is 4.74 Å². The summed E-state index contributed by atoms with van der Waals surface area (Å²) in [5, 5.41) is 0.640. The van der Waals surface area contributed by atoms with Crippen molar-refractivity contribution >= 4 is 27.1 Å². The van der Waals surface area contributed by atoms with Crippen molar-refractivity contribution in [3.05, 3.63) is 46.9 Å². The predicted molar refractivity (Wildman–Crippen MR) is 76.8 cm³/mol. The van der Waals surface area contributed by atoms with Crippen molar-refractivity contribution < 1.29 is 13.2 Å². The van der Waals surface area contributed by atoms with Crippen molar-refractivity contribution in [2.75, 3.05) is 14.2 Å². The van der Waals surface area contributed by atoms with Gasteiger partial charge in [0, 0.05) is 17.7 Å². The van der Waals surface area contributed by atoms with E-state index < -0.39 is 10.0 Å². The quantitative estimate of drug-likeness (QED) is 0.853. The molecule has 1 N–H and O–H groups in total. The maximum absolute atomic E-state index is 11.8. The van der Waals surface area contributed by atoms with Crippen LogP contribution in [0.15, 0.2) is 46.3 Å². The highest BCUT2D eigenvalue weighted by atomic mass is 32.2. The summed E-state index contributed by atoms with van der Waals surface area (Å²) in [6, 6.07) is 7.51. The summed E-state index contributed by atoms with van der Waals surface area (Å²) in [5.74, 6) is 0. The fraction of sp³-hybridized carbons (Fsp3) is 0.154. The van der Waals surface area contributed by atoms with Gasteiger partial charge >= 0.3 is 0 Å². The highest BCUT2D eigenvalue weighted by Gasteiger charge is 2.12. The molecule has 1 aromatic heterocycles. The average Bonchev–Trinajstić information content (AvgIpc) is 2.45. The van der Waals surface area contributed by atoms with Gasteiger partial charge in [-0.25, -0.2) is 13.1 Å². The van der Waals surface area contributed by atoms with Crippen LogP contribution in [0.3, 0.4) is 0 Å². The van der Waals surface area contributed by atoms with Crippen LogP contribution in [0, 0.1) is 0 Å². The summed E-state index contributed by atoms with van der Waals surface area (Å²) in [5.41, 5.74) is 0.371. The summed E-state index contributed by atoms with van der Waals surface area (Å²) < 4.78 is 31.9. The number of nitrogens with one attached hydrogen (secondary N) is 1. The van der Waals surface area contributed by atoms with E-state index in [9.17, 15) is 13.2 Å². The monoisotopic (exact) mass is 294 g/mol. The van der Waals surface area contributed by atoms with Crippen molar-refractivity contribution in [2.24, 2.45) is 0 Å². The number of methoxy groups -OCH3 is 1. The number of ether oxygens (including phenoxy) is 1. The Kier molecular flexibility index (Phi) is 3.91. The predicted octanol–water partition coefficient (Wildman–Crippen LogP) is 0.984. The zero-order chi connectivity index (χ0) is 14.8. The van der Waals surface area contributed by atoms with Crippen molar-refractivity contribution in [1.29, 1.82) is 0 Å². The molecule has 1 heterocycles. The van der Waals surface area contributed by atoms with Gasteiger partial charge in [0.1, 0.15) is 0 Å². The molecule has 2 rings (SSSR count).